The number of imidazole rings is 1. The van der Waals surface area contributed by atoms with Gasteiger partial charge < -0.3 is 4.57 Å². The minimum Gasteiger partial charge on any atom is -0.334 e. The summed E-state index contributed by atoms with van der Waals surface area (Å²) in [5.41, 5.74) is 1.94. The van der Waals surface area contributed by atoms with Crippen LogP contribution in [0.1, 0.15) is 19.2 Å². The highest BCUT2D eigenvalue weighted by atomic mass is 19.1. The first-order chi connectivity index (χ1) is 8.22. The first-order valence-electron chi connectivity index (χ1n) is 6.04. The van der Waals surface area contributed by atoms with Gasteiger partial charge in [-0.3, -0.25) is 0 Å². The summed E-state index contributed by atoms with van der Waals surface area (Å²) in [6.07, 6.45) is 4.33. The van der Waals surface area contributed by atoms with E-state index in [1.165, 1.54) is 18.6 Å². The molecule has 1 atom stereocenters. The standard InChI is InChI=1S/C14H15FN2/c1-10-2-7-14-16-13(9-17(14)8-10)11-3-5-12(15)6-4-11/h3-6,9-10H,2,7-8H2,1H3/t10-/m1/s1. The van der Waals surface area contributed by atoms with Crippen molar-refractivity contribution in [3.05, 3.63) is 42.1 Å². The molecule has 0 saturated heterocycles. The van der Waals surface area contributed by atoms with Gasteiger partial charge in [-0.2, -0.15) is 0 Å². The number of nitrogens with zero attached hydrogens (tertiary/aromatic N) is 2. The third-order valence-corrected chi connectivity index (χ3v) is 3.37. The van der Waals surface area contributed by atoms with Crippen molar-refractivity contribution < 1.29 is 4.39 Å². The van der Waals surface area contributed by atoms with Gasteiger partial charge in [-0.25, -0.2) is 9.37 Å². The van der Waals surface area contributed by atoms with E-state index < -0.39 is 0 Å². The predicted molar refractivity (Wildman–Crippen MR) is 65.1 cm³/mol. The van der Waals surface area contributed by atoms with Crippen LogP contribution in [-0.2, 0) is 13.0 Å². The molecule has 1 aliphatic rings. The Morgan fingerprint density at radius 2 is 2.06 bits per heavy atom. The van der Waals surface area contributed by atoms with Crippen LogP contribution < -0.4 is 0 Å². The molecule has 1 aromatic carbocycles. The summed E-state index contributed by atoms with van der Waals surface area (Å²) < 4.78 is 15.1. The third-order valence-electron chi connectivity index (χ3n) is 3.37. The highest BCUT2D eigenvalue weighted by Gasteiger charge is 2.17. The largest absolute Gasteiger partial charge is 0.334 e. The van der Waals surface area contributed by atoms with Crippen LogP contribution in [0.2, 0.25) is 0 Å². The minimum absolute atomic E-state index is 0.202. The van der Waals surface area contributed by atoms with E-state index in [2.05, 4.69) is 22.7 Å². The Balaban J connectivity index is 1.97. The Morgan fingerprint density at radius 3 is 2.82 bits per heavy atom. The molecule has 2 nitrogen and oxygen atoms in total. The zero-order valence-electron chi connectivity index (χ0n) is 9.86. The molecule has 0 fully saturated rings. The molecule has 0 saturated carbocycles. The fraction of sp³-hybridized carbons (Fsp3) is 0.357. The second kappa shape index (κ2) is 3.99. The van der Waals surface area contributed by atoms with E-state index >= 15 is 0 Å². The van der Waals surface area contributed by atoms with Crippen LogP contribution in [0.3, 0.4) is 0 Å². The lowest BCUT2D eigenvalue weighted by Crippen LogP contribution is -2.17. The Labute approximate surface area is 100 Å². The Hall–Kier alpha value is -1.64. The highest BCUT2D eigenvalue weighted by molar-refractivity contribution is 5.58. The average molecular weight is 230 g/mol. The van der Waals surface area contributed by atoms with Gasteiger partial charge in [-0.05, 0) is 36.6 Å². The van der Waals surface area contributed by atoms with Gasteiger partial charge in [0.15, 0.2) is 0 Å². The van der Waals surface area contributed by atoms with E-state index in [9.17, 15) is 4.39 Å². The molecule has 0 bridgehead atoms. The maximum atomic E-state index is 12.9. The molecule has 0 unspecified atom stereocenters. The number of halogens is 1. The number of fused-ring (bicyclic) bond motifs is 1. The summed E-state index contributed by atoms with van der Waals surface area (Å²) in [5, 5.41) is 0. The van der Waals surface area contributed by atoms with E-state index in [4.69, 9.17) is 0 Å². The lowest BCUT2D eigenvalue weighted by molar-refractivity contribution is 0.394. The maximum absolute atomic E-state index is 12.9. The van der Waals surface area contributed by atoms with E-state index in [-0.39, 0.29) is 5.82 Å². The summed E-state index contributed by atoms with van der Waals surface area (Å²) in [5.74, 6) is 1.67. The Morgan fingerprint density at radius 1 is 1.29 bits per heavy atom. The van der Waals surface area contributed by atoms with Gasteiger partial charge in [0.25, 0.3) is 0 Å². The van der Waals surface area contributed by atoms with E-state index in [0.717, 1.165) is 36.0 Å². The van der Waals surface area contributed by atoms with Crippen molar-refractivity contribution in [1.29, 1.82) is 0 Å². The molecule has 0 aliphatic carbocycles. The van der Waals surface area contributed by atoms with E-state index in [1.807, 2.05) is 0 Å². The van der Waals surface area contributed by atoms with Crippen LogP contribution >= 0.6 is 0 Å². The normalized spacial score (nSPS) is 19.1. The fourth-order valence-electron chi connectivity index (χ4n) is 2.37. The molecule has 2 heterocycles. The van der Waals surface area contributed by atoms with E-state index in [1.54, 1.807) is 12.1 Å². The molecule has 1 aliphatic heterocycles. The Kier molecular flexibility index (Phi) is 2.46. The molecule has 2 aromatic rings. The van der Waals surface area contributed by atoms with Crippen molar-refractivity contribution in [3.8, 4) is 11.3 Å². The second-order valence-corrected chi connectivity index (χ2v) is 4.85. The van der Waals surface area contributed by atoms with Gasteiger partial charge in [-0.1, -0.05) is 6.92 Å². The average Bonchev–Trinajstić information content (AvgIpc) is 2.72. The van der Waals surface area contributed by atoms with Gasteiger partial charge in [0.05, 0.1) is 5.69 Å². The summed E-state index contributed by atoms with van der Waals surface area (Å²) in [7, 11) is 0. The van der Waals surface area contributed by atoms with Crippen LogP contribution in [0.15, 0.2) is 30.5 Å². The molecular formula is C14H15FN2. The molecule has 0 amide bonds. The van der Waals surface area contributed by atoms with Crippen molar-refractivity contribution in [2.45, 2.75) is 26.3 Å². The summed E-state index contributed by atoms with van der Waals surface area (Å²) in [4.78, 5) is 4.63. The lowest BCUT2D eigenvalue weighted by Gasteiger charge is -2.19. The predicted octanol–water partition coefficient (Wildman–Crippen LogP) is 3.27. The van der Waals surface area contributed by atoms with Gasteiger partial charge in [0, 0.05) is 24.7 Å². The number of benzene rings is 1. The number of hydrogen-bond donors (Lipinski definition) is 0. The van der Waals surface area contributed by atoms with E-state index in [0.29, 0.717) is 0 Å². The summed E-state index contributed by atoms with van der Waals surface area (Å²) in [6.45, 7) is 3.31. The zero-order chi connectivity index (χ0) is 11.8. The molecule has 3 heteroatoms. The Bertz CT molecular complexity index is 528. The topological polar surface area (TPSA) is 17.8 Å². The zero-order valence-corrected chi connectivity index (χ0v) is 9.86. The molecular weight excluding hydrogens is 215 g/mol. The number of aryl methyl sites for hydroxylation is 1. The van der Waals surface area contributed by atoms with Crippen LogP contribution in [0, 0.1) is 11.7 Å². The van der Waals surface area contributed by atoms with Crippen LogP contribution in [-0.4, -0.2) is 9.55 Å². The maximum Gasteiger partial charge on any atom is 0.123 e. The van der Waals surface area contributed by atoms with Gasteiger partial charge in [-0.15, -0.1) is 0 Å². The number of hydrogen-bond acceptors (Lipinski definition) is 1. The van der Waals surface area contributed by atoms with Gasteiger partial charge >= 0.3 is 0 Å². The summed E-state index contributed by atoms with van der Waals surface area (Å²) in [6, 6.07) is 6.53. The number of aromatic nitrogens is 2. The van der Waals surface area contributed by atoms with Crippen LogP contribution in [0.5, 0.6) is 0 Å². The molecule has 0 spiro atoms. The van der Waals surface area contributed by atoms with Crippen molar-refractivity contribution in [2.75, 3.05) is 0 Å². The lowest BCUT2D eigenvalue weighted by atomic mass is 10.0. The number of rotatable bonds is 1. The molecule has 0 radical (unpaired) electrons. The van der Waals surface area contributed by atoms with Crippen molar-refractivity contribution in [1.82, 2.24) is 9.55 Å². The van der Waals surface area contributed by atoms with Crippen LogP contribution in [0.4, 0.5) is 4.39 Å². The molecule has 1 aromatic heterocycles. The molecule has 3 rings (SSSR count). The smallest absolute Gasteiger partial charge is 0.123 e. The second-order valence-electron chi connectivity index (χ2n) is 4.85. The van der Waals surface area contributed by atoms with Crippen molar-refractivity contribution in [3.63, 3.8) is 0 Å². The first-order valence-corrected chi connectivity index (χ1v) is 6.04. The van der Waals surface area contributed by atoms with Gasteiger partial charge in [0.1, 0.15) is 11.6 Å². The first kappa shape index (κ1) is 10.5. The third kappa shape index (κ3) is 1.97. The fourth-order valence-corrected chi connectivity index (χ4v) is 2.37. The van der Waals surface area contributed by atoms with Crippen molar-refractivity contribution in [2.24, 2.45) is 5.92 Å². The molecule has 88 valence electrons. The highest BCUT2D eigenvalue weighted by Crippen LogP contribution is 2.24. The molecule has 17 heavy (non-hydrogen) atoms. The summed E-state index contributed by atoms with van der Waals surface area (Å²) >= 11 is 0. The SMILES string of the molecule is C[C@@H]1CCc2nc(-c3ccc(F)cc3)cn2C1. The van der Waals surface area contributed by atoms with Gasteiger partial charge in [0.2, 0.25) is 0 Å². The minimum atomic E-state index is -0.202. The quantitative estimate of drug-likeness (QED) is 0.735. The van der Waals surface area contributed by atoms with Crippen molar-refractivity contribution >= 4 is 0 Å². The monoisotopic (exact) mass is 230 g/mol. The van der Waals surface area contributed by atoms with Crippen LogP contribution in [0.25, 0.3) is 11.3 Å². The molecule has 0 N–H and O–H groups in total.